The van der Waals surface area contributed by atoms with E-state index in [9.17, 15) is 27.2 Å². The number of aromatic nitrogens is 4. The molecule has 0 fully saturated rings. The van der Waals surface area contributed by atoms with E-state index in [0.29, 0.717) is 9.13 Å². The normalized spacial score (nSPS) is 19.4. The Hall–Kier alpha value is -8.33. The molecule has 0 unspecified atom stereocenters. The molecule has 0 saturated carbocycles. The molecule has 13 rings (SSSR count). The molecule has 4 heterocycles. The van der Waals surface area contributed by atoms with Crippen LogP contribution in [0.3, 0.4) is 0 Å². The Labute approximate surface area is 389 Å². The summed E-state index contributed by atoms with van der Waals surface area (Å²) in [7, 11) is 0. The molecule has 0 aliphatic carbocycles. The lowest BCUT2D eigenvalue weighted by molar-refractivity contribution is 1.03. The van der Waals surface area contributed by atoms with E-state index < -0.39 is 309 Å². The first-order valence-electron chi connectivity index (χ1n) is 33.7. The minimum Gasteiger partial charge on any atom is -0.307 e. The molecule has 5 nitrogen and oxygen atoms in total. The lowest BCUT2D eigenvalue weighted by Crippen LogP contribution is -2.13. The molecule has 5 heteroatoms. The number of hydrogen-bond donors (Lipinski definition) is 0. The highest BCUT2D eigenvalue weighted by atomic mass is 15.1. The van der Waals surface area contributed by atoms with Gasteiger partial charge >= 0.3 is 0 Å². The lowest BCUT2D eigenvalue weighted by Gasteiger charge is -2.25. The second-order valence-corrected chi connectivity index (χ2v) is 13.2. The van der Waals surface area contributed by atoms with Gasteiger partial charge in [-0.2, -0.15) is 5.26 Å². The van der Waals surface area contributed by atoms with Crippen LogP contribution in [0.4, 0.5) is 0 Å². The maximum atomic E-state index is 12.7. The number of rotatable bonds is 4. The molecular weight excluding hydrogens is 731 g/mol. The Kier molecular flexibility index (Phi) is 2.98. The molecule has 13 aromatic rings. The van der Waals surface area contributed by atoms with Crippen LogP contribution in [0.25, 0.3) is 110 Å². The van der Waals surface area contributed by atoms with E-state index >= 15 is 0 Å². The minimum absolute atomic E-state index is 0.659. The Morgan fingerprint density at radius 3 is 0.717 bits per heavy atom. The Balaban J connectivity index is 1.53. The highest BCUT2D eigenvalue weighted by Crippen LogP contribution is 2.46. The van der Waals surface area contributed by atoms with E-state index in [1.165, 1.54) is 0 Å². The molecule has 0 saturated heterocycles. The number of hydrogen-bond acceptors (Lipinski definition) is 1. The Morgan fingerprint density at radius 2 is 0.500 bits per heavy atom. The summed E-state index contributed by atoms with van der Waals surface area (Å²) in [5, 5.41) is 7.34. The quantitative estimate of drug-likeness (QED) is 0.175. The number of benzene rings is 9. The fraction of sp³-hybridized carbons (Fsp3) is 0. The van der Waals surface area contributed by atoms with Crippen molar-refractivity contribution in [2.75, 3.05) is 0 Å². The number of para-hydroxylation sites is 8. The zero-order valence-electron chi connectivity index (χ0n) is 61.8. The van der Waals surface area contributed by atoms with Crippen molar-refractivity contribution in [2.24, 2.45) is 0 Å². The standard InChI is InChI=1S/C55H33N5/c56-34-43-54(59-48-29-13-5-21-39(48)40-22-6-14-30-49(40)59)52(57-44-25-9-1-17-35(44)36-18-2-10-26-45(36)57)33-53(58-46-27-11-3-19-37(46)38-20-4-12-28-47(38)58)55(43)60-50-31-15-7-23-41(50)42-24-8-16-32-51(42)60/h1-33H/i1D,2D,3D,4D,5D,6D,7D,8D,9D,10D,11D,12D,13D,14D,15D,16D,17D,18D,19D,20D,21D,22D,23D,24D,25D,26D,27D,28D,29D,30D,31D,32D. The summed E-state index contributed by atoms with van der Waals surface area (Å²) in [5.74, 6) is 0. The van der Waals surface area contributed by atoms with Crippen LogP contribution < -0.4 is 0 Å². The molecule has 0 atom stereocenters. The molecule has 0 aliphatic rings. The van der Waals surface area contributed by atoms with Crippen molar-refractivity contribution < 1.29 is 43.9 Å². The van der Waals surface area contributed by atoms with Gasteiger partial charge in [-0.15, -0.1) is 0 Å². The van der Waals surface area contributed by atoms with Gasteiger partial charge in [-0.1, -0.05) is 145 Å². The largest absolute Gasteiger partial charge is 0.307 e. The first-order valence-corrected chi connectivity index (χ1v) is 17.7. The van der Waals surface area contributed by atoms with Crippen LogP contribution in [0, 0.1) is 11.3 Å². The van der Waals surface area contributed by atoms with Gasteiger partial charge < -0.3 is 18.3 Å². The van der Waals surface area contributed by atoms with Crippen molar-refractivity contribution >= 4 is 87.2 Å². The third-order valence-corrected chi connectivity index (χ3v) is 10.4. The third-order valence-electron chi connectivity index (χ3n) is 10.4. The van der Waals surface area contributed by atoms with Crippen LogP contribution in [0.2, 0.25) is 0 Å². The van der Waals surface area contributed by atoms with Crippen molar-refractivity contribution in [1.82, 2.24) is 18.3 Å². The van der Waals surface area contributed by atoms with E-state index in [4.69, 9.17) is 21.9 Å². The van der Waals surface area contributed by atoms with Gasteiger partial charge in [-0.05, 0) is 54.4 Å². The predicted octanol–water partition coefficient (Wildman–Crippen LogP) is 13.9. The van der Waals surface area contributed by atoms with Crippen molar-refractivity contribution in [3.8, 4) is 28.8 Å². The van der Waals surface area contributed by atoms with Gasteiger partial charge in [0.05, 0.1) is 111 Å². The van der Waals surface area contributed by atoms with Gasteiger partial charge in [0.25, 0.3) is 0 Å². The smallest absolute Gasteiger partial charge is 0.104 e. The van der Waals surface area contributed by atoms with Gasteiger partial charge in [0.2, 0.25) is 0 Å². The van der Waals surface area contributed by atoms with Crippen LogP contribution in [0.1, 0.15) is 49.4 Å². The van der Waals surface area contributed by atoms with E-state index in [0.717, 1.165) is 15.2 Å². The summed E-state index contributed by atoms with van der Waals surface area (Å²) >= 11 is 0. The maximum absolute atomic E-state index is 12.7. The lowest BCUT2D eigenvalue weighted by atomic mass is 10.0. The summed E-state index contributed by atoms with van der Waals surface area (Å²) in [6.07, 6.45) is 0. The van der Waals surface area contributed by atoms with Gasteiger partial charge in [0.1, 0.15) is 11.6 Å². The Morgan fingerprint density at radius 1 is 0.300 bits per heavy atom. The van der Waals surface area contributed by atoms with Crippen molar-refractivity contribution in [2.45, 2.75) is 0 Å². The SMILES string of the molecule is [2H]c1c([2H])c([2H])c2c(c1[2H])c1c([2H])c([2H])c([2H])c([2H])c1n2-c1cc(-n2c3c([2H])c([2H])c([2H])c([2H])c3c3c([2H])c([2H])c([2H])c([2H])c32)c(-n2c3c([2H])c([2H])c([2H])c([2H])c3c3c([2H])c([2H])c([2H])c([2H])c32)c(C#N)c1-n1c2c([2H])c([2H])c([2H])c([2H])c2c2c([2H])c([2H])c([2H])c([2H])c21. The molecule has 0 N–H and O–H groups in total. The predicted molar refractivity (Wildman–Crippen MR) is 249 cm³/mol. The van der Waals surface area contributed by atoms with Crippen LogP contribution in [0.5, 0.6) is 0 Å². The average Bonchev–Trinajstić information content (AvgIpc) is 1.53. The maximum Gasteiger partial charge on any atom is 0.104 e. The number of nitrogens with zero attached hydrogens (tertiary/aromatic N) is 5. The van der Waals surface area contributed by atoms with Crippen molar-refractivity contribution in [1.29, 1.82) is 5.26 Å². The fourth-order valence-corrected chi connectivity index (χ4v) is 8.15. The minimum atomic E-state index is -1.14. The highest BCUT2D eigenvalue weighted by molar-refractivity contribution is 6.15. The highest BCUT2D eigenvalue weighted by Gasteiger charge is 2.30. The topological polar surface area (TPSA) is 43.5 Å². The van der Waals surface area contributed by atoms with E-state index in [-0.39, 0.29) is 0 Å². The zero-order valence-corrected chi connectivity index (χ0v) is 29.8. The molecule has 60 heavy (non-hydrogen) atoms. The molecule has 0 aliphatic heterocycles. The molecule has 278 valence electrons. The third kappa shape index (κ3) is 4.29. The summed E-state index contributed by atoms with van der Waals surface area (Å²) in [6, 6.07) is -29.3. The van der Waals surface area contributed by atoms with Crippen molar-refractivity contribution in [3.63, 3.8) is 0 Å². The summed E-state index contributed by atoms with van der Waals surface area (Å²) in [4.78, 5) is 0. The van der Waals surface area contributed by atoms with E-state index in [1.807, 2.05) is 6.07 Å². The van der Waals surface area contributed by atoms with Crippen LogP contribution in [-0.4, -0.2) is 18.3 Å². The molecular formula is C55H33N5. The van der Waals surface area contributed by atoms with Gasteiger partial charge in [-0.3, -0.25) is 0 Å². The van der Waals surface area contributed by atoms with E-state index in [2.05, 4.69) is 0 Å². The van der Waals surface area contributed by atoms with Crippen LogP contribution >= 0.6 is 0 Å². The summed E-state index contributed by atoms with van der Waals surface area (Å²) < 4.78 is 300. The number of fused-ring (bicyclic) bond motifs is 12. The summed E-state index contributed by atoms with van der Waals surface area (Å²) in [5.41, 5.74) is -11.3. The van der Waals surface area contributed by atoms with Gasteiger partial charge in [0, 0.05) is 43.1 Å². The average molecular weight is 796 g/mol. The molecule has 0 amide bonds. The van der Waals surface area contributed by atoms with Crippen LogP contribution in [-0.2, 0) is 0 Å². The molecule has 9 aromatic carbocycles. The second kappa shape index (κ2) is 12.3. The molecule has 0 spiro atoms. The second-order valence-electron chi connectivity index (χ2n) is 13.2. The Bertz CT molecular complexity index is 5210. The summed E-state index contributed by atoms with van der Waals surface area (Å²) in [6.45, 7) is 0. The molecule has 4 aromatic heterocycles. The molecule has 0 radical (unpaired) electrons. The van der Waals surface area contributed by atoms with E-state index in [1.54, 1.807) is 0 Å². The number of nitriles is 1. The monoisotopic (exact) mass is 795 g/mol. The van der Waals surface area contributed by atoms with Gasteiger partial charge in [0.15, 0.2) is 0 Å². The fourth-order valence-electron chi connectivity index (χ4n) is 8.15. The molecule has 0 bridgehead atoms. The first-order chi connectivity index (χ1) is 43.1. The first kappa shape index (κ1) is 14.5. The van der Waals surface area contributed by atoms with Gasteiger partial charge in [-0.25, -0.2) is 0 Å². The van der Waals surface area contributed by atoms with Crippen molar-refractivity contribution in [3.05, 3.63) is 205 Å². The van der Waals surface area contributed by atoms with Crippen LogP contribution in [0.15, 0.2) is 199 Å². The zero-order chi connectivity index (χ0) is 67.3.